The average Bonchev–Trinajstić information content (AvgIpc) is 2.20. The van der Waals surface area contributed by atoms with Crippen molar-refractivity contribution in [2.24, 2.45) is 0 Å². The van der Waals surface area contributed by atoms with E-state index in [1.54, 1.807) is 0 Å². The minimum atomic E-state index is 0.140. The number of aryl methyl sites for hydroxylation is 1. The fourth-order valence-corrected chi connectivity index (χ4v) is 1.96. The van der Waals surface area contributed by atoms with Gasteiger partial charge >= 0.3 is 0 Å². The quantitative estimate of drug-likeness (QED) is 0.655. The molecule has 1 atom stereocenters. The Morgan fingerprint density at radius 3 is 2.40 bits per heavy atom. The third-order valence-electron chi connectivity index (χ3n) is 2.72. The molecule has 0 saturated heterocycles. The molecule has 0 aromatic heterocycles. The van der Waals surface area contributed by atoms with Crippen molar-refractivity contribution < 1.29 is 0 Å². The van der Waals surface area contributed by atoms with Crippen LogP contribution >= 0.6 is 15.9 Å². The molecule has 1 aliphatic carbocycles. The lowest BCUT2D eigenvalue weighted by Crippen LogP contribution is -2.12. The van der Waals surface area contributed by atoms with E-state index >= 15 is 0 Å². The molecule has 0 heterocycles. The first-order chi connectivity index (χ1) is 7.07. The Labute approximate surface area is 99.8 Å². The summed E-state index contributed by atoms with van der Waals surface area (Å²) in [5, 5.41) is 0. The molecule has 0 amide bonds. The summed E-state index contributed by atoms with van der Waals surface area (Å²) in [7, 11) is 0. The molecule has 0 spiro atoms. The van der Waals surface area contributed by atoms with Crippen LogP contribution in [0.25, 0.3) is 5.57 Å². The first kappa shape index (κ1) is 10.7. The summed E-state index contributed by atoms with van der Waals surface area (Å²) in [6.07, 6.45) is 7.76. The molecule has 78 valence electrons. The van der Waals surface area contributed by atoms with Gasteiger partial charge < -0.3 is 0 Å². The summed E-state index contributed by atoms with van der Waals surface area (Å²) in [5.74, 6) is 0. The Hall–Kier alpha value is -0.820. The van der Waals surface area contributed by atoms with Crippen LogP contribution in [0.15, 0.2) is 42.5 Å². The standard InChI is InChI=1S/C14H15Br/c1-11-3-5-12(6-4-11)13-7-9-14(2,15)10-8-13/h3-9H,10H2,1-2H3. The van der Waals surface area contributed by atoms with E-state index in [2.05, 4.69) is 72.3 Å². The number of benzene rings is 1. The van der Waals surface area contributed by atoms with E-state index < -0.39 is 0 Å². The van der Waals surface area contributed by atoms with Crippen LogP contribution in [0.3, 0.4) is 0 Å². The number of hydrogen-bond donors (Lipinski definition) is 0. The largest absolute Gasteiger partial charge is 0.0807 e. The lowest BCUT2D eigenvalue weighted by molar-refractivity contribution is 0.818. The first-order valence-electron chi connectivity index (χ1n) is 5.22. The summed E-state index contributed by atoms with van der Waals surface area (Å²) in [4.78, 5) is 0. The molecule has 0 nitrogen and oxygen atoms in total. The van der Waals surface area contributed by atoms with Gasteiger partial charge in [-0.2, -0.15) is 0 Å². The Bertz CT molecular complexity index is 407. The second-order valence-corrected chi connectivity index (χ2v) is 6.15. The van der Waals surface area contributed by atoms with Gasteiger partial charge in [-0.05, 0) is 31.4 Å². The molecule has 0 radical (unpaired) electrons. The van der Waals surface area contributed by atoms with Crippen molar-refractivity contribution in [3.63, 3.8) is 0 Å². The van der Waals surface area contributed by atoms with Crippen molar-refractivity contribution in [2.75, 3.05) is 0 Å². The monoisotopic (exact) mass is 262 g/mol. The zero-order valence-corrected chi connectivity index (χ0v) is 10.7. The first-order valence-corrected chi connectivity index (χ1v) is 6.01. The number of hydrogen-bond acceptors (Lipinski definition) is 0. The summed E-state index contributed by atoms with van der Waals surface area (Å²) >= 11 is 3.67. The molecule has 1 unspecified atom stereocenters. The van der Waals surface area contributed by atoms with Crippen molar-refractivity contribution >= 4 is 21.5 Å². The van der Waals surface area contributed by atoms with E-state index in [9.17, 15) is 0 Å². The van der Waals surface area contributed by atoms with Crippen LogP contribution in [0.2, 0.25) is 0 Å². The highest BCUT2D eigenvalue weighted by Crippen LogP contribution is 2.32. The van der Waals surface area contributed by atoms with Crippen LogP contribution in [0.1, 0.15) is 24.5 Å². The summed E-state index contributed by atoms with van der Waals surface area (Å²) in [6, 6.07) is 8.68. The van der Waals surface area contributed by atoms with Crippen molar-refractivity contribution in [1.29, 1.82) is 0 Å². The third kappa shape index (κ3) is 2.60. The second-order valence-electron chi connectivity index (χ2n) is 4.34. The number of allylic oxidation sites excluding steroid dienone is 4. The van der Waals surface area contributed by atoms with Gasteiger partial charge in [-0.3, -0.25) is 0 Å². The van der Waals surface area contributed by atoms with Gasteiger partial charge in [-0.25, -0.2) is 0 Å². The van der Waals surface area contributed by atoms with Crippen LogP contribution in [-0.2, 0) is 0 Å². The fraction of sp³-hybridized carbons (Fsp3) is 0.286. The van der Waals surface area contributed by atoms with Crippen molar-refractivity contribution in [2.45, 2.75) is 24.6 Å². The lowest BCUT2D eigenvalue weighted by Gasteiger charge is -2.20. The van der Waals surface area contributed by atoms with E-state index in [0.717, 1.165) is 6.42 Å². The molecule has 0 N–H and O–H groups in total. The maximum absolute atomic E-state index is 3.67. The molecule has 1 aromatic carbocycles. The van der Waals surface area contributed by atoms with Gasteiger partial charge in [-0.1, -0.05) is 64.0 Å². The van der Waals surface area contributed by atoms with Gasteiger partial charge in [0.2, 0.25) is 0 Å². The molecular weight excluding hydrogens is 248 g/mol. The van der Waals surface area contributed by atoms with E-state index in [4.69, 9.17) is 0 Å². The second kappa shape index (κ2) is 3.97. The van der Waals surface area contributed by atoms with Crippen molar-refractivity contribution in [3.8, 4) is 0 Å². The Morgan fingerprint density at radius 2 is 1.87 bits per heavy atom. The molecular formula is C14H15Br. The van der Waals surface area contributed by atoms with Gasteiger partial charge in [0.1, 0.15) is 0 Å². The van der Waals surface area contributed by atoms with Gasteiger partial charge in [0.25, 0.3) is 0 Å². The van der Waals surface area contributed by atoms with Gasteiger partial charge in [0.05, 0.1) is 0 Å². The van der Waals surface area contributed by atoms with Gasteiger partial charge in [0.15, 0.2) is 0 Å². The topological polar surface area (TPSA) is 0 Å². The van der Waals surface area contributed by atoms with E-state index in [0.29, 0.717) is 0 Å². The molecule has 0 aliphatic heterocycles. The number of halogens is 1. The molecule has 0 saturated carbocycles. The lowest BCUT2D eigenvalue weighted by atomic mass is 9.94. The van der Waals surface area contributed by atoms with Crippen LogP contribution in [-0.4, -0.2) is 4.32 Å². The van der Waals surface area contributed by atoms with Crippen LogP contribution in [0.4, 0.5) is 0 Å². The maximum Gasteiger partial charge on any atom is 0.0446 e. The Balaban J connectivity index is 2.24. The predicted molar refractivity (Wildman–Crippen MR) is 70.2 cm³/mol. The summed E-state index contributed by atoms with van der Waals surface area (Å²) in [6.45, 7) is 4.30. The van der Waals surface area contributed by atoms with E-state index in [1.807, 2.05) is 0 Å². The normalized spacial score (nSPS) is 25.1. The molecule has 1 aliphatic rings. The van der Waals surface area contributed by atoms with E-state index in [-0.39, 0.29) is 4.32 Å². The number of rotatable bonds is 1. The van der Waals surface area contributed by atoms with Crippen LogP contribution < -0.4 is 0 Å². The van der Waals surface area contributed by atoms with Crippen molar-refractivity contribution in [3.05, 3.63) is 53.6 Å². The molecule has 1 aromatic rings. The number of alkyl halides is 1. The highest BCUT2D eigenvalue weighted by Gasteiger charge is 2.18. The maximum atomic E-state index is 3.67. The highest BCUT2D eigenvalue weighted by atomic mass is 79.9. The van der Waals surface area contributed by atoms with Gasteiger partial charge in [0, 0.05) is 4.32 Å². The molecule has 0 fully saturated rings. The third-order valence-corrected chi connectivity index (χ3v) is 3.30. The Morgan fingerprint density at radius 1 is 1.20 bits per heavy atom. The molecule has 1 heteroatoms. The summed E-state index contributed by atoms with van der Waals surface area (Å²) < 4.78 is 0.140. The summed E-state index contributed by atoms with van der Waals surface area (Å²) in [5.41, 5.74) is 3.94. The predicted octanol–water partition coefficient (Wildman–Crippen LogP) is 4.49. The smallest absolute Gasteiger partial charge is 0.0446 e. The molecule has 2 rings (SSSR count). The minimum absolute atomic E-state index is 0.140. The average molecular weight is 263 g/mol. The van der Waals surface area contributed by atoms with Crippen molar-refractivity contribution in [1.82, 2.24) is 0 Å². The van der Waals surface area contributed by atoms with Gasteiger partial charge in [-0.15, -0.1) is 0 Å². The minimum Gasteiger partial charge on any atom is -0.0807 e. The molecule has 0 bridgehead atoms. The van der Waals surface area contributed by atoms with E-state index in [1.165, 1.54) is 16.7 Å². The Kier molecular flexibility index (Phi) is 2.83. The zero-order valence-electron chi connectivity index (χ0n) is 9.13. The SMILES string of the molecule is Cc1ccc(C2=CCC(C)(Br)C=C2)cc1. The van der Waals surface area contributed by atoms with Crippen LogP contribution in [0, 0.1) is 6.92 Å². The highest BCUT2D eigenvalue weighted by molar-refractivity contribution is 9.10. The van der Waals surface area contributed by atoms with Crippen LogP contribution in [0.5, 0.6) is 0 Å². The molecule has 15 heavy (non-hydrogen) atoms. The zero-order chi connectivity index (χ0) is 10.9. The fourth-order valence-electron chi connectivity index (χ4n) is 1.67.